The van der Waals surface area contributed by atoms with Crippen molar-refractivity contribution in [3.05, 3.63) is 53.0 Å². The van der Waals surface area contributed by atoms with Gasteiger partial charge in [0.25, 0.3) is 5.91 Å². The minimum Gasteiger partial charge on any atom is -0.394 e. The van der Waals surface area contributed by atoms with E-state index in [0.717, 1.165) is 17.5 Å². The monoisotopic (exact) mass is 467 g/mol. The van der Waals surface area contributed by atoms with Gasteiger partial charge in [-0.2, -0.15) is 0 Å². The number of hydrogen-bond acceptors (Lipinski definition) is 8. The molecule has 1 unspecified atom stereocenters. The molecule has 11 heteroatoms. The van der Waals surface area contributed by atoms with Gasteiger partial charge < -0.3 is 25.0 Å². The number of carbonyl (C=O) groups is 2. The highest BCUT2D eigenvalue weighted by molar-refractivity contribution is 6.04. The van der Waals surface area contributed by atoms with Crippen LogP contribution in [0.15, 0.2) is 30.5 Å². The first kappa shape index (κ1) is 24.9. The summed E-state index contributed by atoms with van der Waals surface area (Å²) >= 11 is 0. The number of nitrogens with one attached hydrogen (secondary N) is 3. The van der Waals surface area contributed by atoms with Gasteiger partial charge in [-0.25, -0.2) is 4.98 Å². The van der Waals surface area contributed by atoms with E-state index in [1.807, 2.05) is 0 Å². The maximum Gasteiger partial charge on any atom is 0.275 e. The quantitative estimate of drug-likeness (QED) is 0.320. The van der Waals surface area contributed by atoms with Crippen molar-refractivity contribution >= 4 is 29.8 Å². The molecule has 1 aliphatic rings. The maximum absolute atomic E-state index is 12.8. The van der Waals surface area contributed by atoms with Crippen LogP contribution in [0.5, 0.6) is 0 Å². The van der Waals surface area contributed by atoms with E-state index in [2.05, 4.69) is 15.3 Å². The van der Waals surface area contributed by atoms with Gasteiger partial charge in [0.1, 0.15) is 17.2 Å². The summed E-state index contributed by atoms with van der Waals surface area (Å²) in [6, 6.07) is 6.04. The number of aliphatic hydroxyl groups is 1. The predicted octanol–water partition coefficient (Wildman–Crippen LogP) is 1.27. The average Bonchev–Trinajstić information content (AvgIpc) is 2.86. The van der Waals surface area contributed by atoms with Crippen molar-refractivity contribution in [2.45, 2.75) is 32.4 Å². The van der Waals surface area contributed by atoms with Gasteiger partial charge in [-0.3, -0.25) is 25.4 Å². The standard InChI is InChI=1S/C23H29N7O4/c1-15(13-31)30(14-24)22(25)18-4-3-5-20(27-18)28-23(33)19-10-17-12-29(21(32)7-9-34-2)8-6-16(17)11-26-19/h3-5,10-11,14-15,24-25,31H,6-9,12-13H2,1-2H3,(H,27,28,33). The van der Waals surface area contributed by atoms with Crippen molar-refractivity contribution in [2.75, 3.05) is 32.2 Å². The molecule has 0 saturated heterocycles. The molecule has 11 nitrogen and oxygen atoms in total. The number of rotatable bonds is 9. The molecule has 180 valence electrons. The third kappa shape index (κ3) is 5.80. The van der Waals surface area contributed by atoms with E-state index in [0.29, 0.717) is 32.5 Å². The smallest absolute Gasteiger partial charge is 0.275 e. The van der Waals surface area contributed by atoms with Crippen molar-refractivity contribution in [3.8, 4) is 0 Å². The Bertz CT molecular complexity index is 1080. The molecule has 0 aliphatic carbocycles. The topological polar surface area (TPSA) is 156 Å². The van der Waals surface area contributed by atoms with Crippen LogP contribution in [-0.4, -0.2) is 81.8 Å². The van der Waals surface area contributed by atoms with E-state index < -0.39 is 11.9 Å². The number of amides is 2. The van der Waals surface area contributed by atoms with Gasteiger partial charge in [0, 0.05) is 26.4 Å². The molecule has 4 N–H and O–H groups in total. The molecule has 3 heterocycles. The zero-order valence-corrected chi connectivity index (χ0v) is 19.2. The highest BCUT2D eigenvalue weighted by atomic mass is 16.5. The van der Waals surface area contributed by atoms with E-state index >= 15 is 0 Å². The second-order valence-electron chi connectivity index (χ2n) is 7.93. The summed E-state index contributed by atoms with van der Waals surface area (Å²) in [6.07, 6.45) is 3.60. The number of amidine groups is 1. The number of hydrogen-bond donors (Lipinski definition) is 4. The van der Waals surface area contributed by atoms with Crippen molar-refractivity contribution in [1.29, 1.82) is 10.8 Å². The van der Waals surface area contributed by atoms with E-state index in [-0.39, 0.29) is 35.6 Å². The molecular weight excluding hydrogens is 438 g/mol. The molecule has 1 aliphatic heterocycles. The predicted molar refractivity (Wildman–Crippen MR) is 126 cm³/mol. The molecular formula is C23H29N7O4. The van der Waals surface area contributed by atoms with Crippen LogP contribution in [0.2, 0.25) is 0 Å². The van der Waals surface area contributed by atoms with Crippen LogP contribution in [0.3, 0.4) is 0 Å². The maximum atomic E-state index is 12.8. The number of methoxy groups -OCH3 is 1. The minimum atomic E-state index is -0.467. The van der Waals surface area contributed by atoms with Crippen LogP contribution in [-0.2, 0) is 22.5 Å². The average molecular weight is 468 g/mol. The van der Waals surface area contributed by atoms with Crippen molar-refractivity contribution in [3.63, 3.8) is 0 Å². The summed E-state index contributed by atoms with van der Waals surface area (Å²) in [7, 11) is 1.56. The van der Waals surface area contributed by atoms with Crippen LogP contribution < -0.4 is 5.32 Å². The Labute approximate surface area is 197 Å². The van der Waals surface area contributed by atoms with E-state index in [1.54, 1.807) is 49.4 Å². The van der Waals surface area contributed by atoms with Crippen molar-refractivity contribution in [2.24, 2.45) is 0 Å². The van der Waals surface area contributed by atoms with Crippen LogP contribution in [0.1, 0.15) is 40.7 Å². The minimum absolute atomic E-state index is 0.00765. The summed E-state index contributed by atoms with van der Waals surface area (Å²) in [4.78, 5) is 36.8. The zero-order chi connectivity index (χ0) is 24.7. The Kier molecular flexibility index (Phi) is 8.39. The van der Waals surface area contributed by atoms with Gasteiger partial charge in [0.2, 0.25) is 5.91 Å². The molecule has 0 aromatic carbocycles. The van der Waals surface area contributed by atoms with Crippen LogP contribution in [0.25, 0.3) is 0 Å². The summed E-state index contributed by atoms with van der Waals surface area (Å²) in [6.45, 7) is 2.83. The third-order valence-corrected chi connectivity index (χ3v) is 5.57. The second kappa shape index (κ2) is 11.4. The number of pyridine rings is 2. The first-order chi connectivity index (χ1) is 16.4. The first-order valence-corrected chi connectivity index (χ1v) is 10.9. The van der Waals surface area contributed by atoms with Gasteiger partial charge >= 0.3 is 0 Å². The van der Waals surface area contributed by atoms with Crippen LogP contribution in [0.4, 0.5) is 5.82 Å². The Morgan fingerprint density at radius 2 is 2.15 bits per heavy atom. The molecule has 2 amide bonds. The van der Waals surface area contributed by atoms with Gasteiger partial charge in [0.05, 0.1) is 32.0 Å². The molecule has 0 radical (unpaired) electrons. The molecule has 0 bridgehead atoms. The summed E-state index contributed by atoms with van der Waals surface area (Å²) < 4.78 is 4.99. The van der Waals surface area contributed by atoms with E-state index in [9.17, 15) is 14.7 Å². The fraction of sp³-hybridized carbons (Fsp3) is 0.391. The molecule has 34 heavy (non-hydrogen) atoms. The second-order valence-corrected chi connectivity index (χ2v) is 7.93. The Hall–Kier alpha value is -3.70. The Morgan fingerprint density at radius 3 is 2.85 bits per heavy atom. The lowest BCUT2D eigenvalue weighted by atomic mass is 10.0. The molecule has 0 fully saturated rings. The number of aromatic nitrogens is 2. The normalized spacial score (nSPS) is 13.6. The zero-order valence-electron chi connectivity index (χ0n) is 19.2. The van der Waals surface area contributed by atoms with E-state index in [1.165, 1.54) is 4.90 Å². The lowest BCUT2D eigenvalue weighted by molar-refractivity contribution is -0.133. The fourth-order valence-corrected chi connectivity index (χ4v) is 3.57. The highest BCUT2D eigenvalue weighted by Gasteiger charge is 2.23. The lowest BCUT2D eigenvalue weighted by Gasteiger charge is -2.29. The number of anilines is 1. The number of carbonyl (C=O) groups excluding carboxylic acids is 2. The molecule has 2 aromatic rings. The third-order valence-electron chi connectivity index (χ3n) is 5.57. The van der Waals surface area contributed by atoms with Crippen LogP contribution >= 0.6 is 0 Å². The molecule has 2 aromatic heterocycles. The molecule has 1 atom stereocenters. The number of ether oxygens (including phenoxy) is 1. The van der Waals surface area contributed by atoms with Gasteiger partial charge in [-0.1, -0.05) is 6.07 Å². The summed E-state index contributed by atoms with van der Waals surface area (Å²) in [5.41, 5.74) is 2.32. The van der Waals surface area contributed by atoms with Gasteiger partial charge in [-0.05, 0) is 42.7 Å². The van der Waals surface area contributed by atoms with Crippen molar-refractivity contribution < 1.29 is 19.4 Å². The molecule has 0 saturated carbocycles. The number of nitrogens with zero attached hydrogens (tertiary/aromatic N) is 4. The summed E-state index contributed by atoms with van der Waals surface area (Å²) in [5, 5.41) is 27.9. The van der Waals surface area contributed by atoms with Gasteiger partial charge in [-0.15, -0.1) is 0 Å². The lowest BCUT2D eigenvalue weighted by Crippen LogP contribution is -2.39. The largest absolute Gasteiger partial charge is 0.394 e. The SMILES string of the molecule is COCCC(=O)N1CCc2cnc(C(=O)Nc3cccc(C(=N)N(C=N)C(C)CO)n3)cc2C1. The van der Waals surface area contributed by atoms with Crippen molar-refractivity contribution in [1.82, 2.24) is 19.8 Å². The number of fused-ring (bicyclic) bond motifs is 1. The first-order valence-electron chi connectivity index (χ1n) is 10.9. The highest BCUT2D eigenvalue weighted by Crippen LogP contribution is 2.20. The van der Waals surface area contributed by atoms with Crippen LogP contribution in [0, 0.1) is 10.8 Å². The number of aliphatic hydroxyl groups excluding tert-OH is 1. The van der Waals surface area contributed by atoms with E-state index in [4.69, 9.17) is 15.6 Å². The Balaban J connectivity index is 1.72. The molecule has 3 rings (SSSR count). The summed E-state index contributed by atoms with van der Waals surface area (Å²) in [5.74, 6) is -0.301. The fourth-order valence-electron chi connectivity index (χ4n) is 3.57. The Morgan fingerprint density at radius 1 is 1.35 bits per heavy atom. The molecule has 0 spiro atoms. The van der Waals surface area contributed by atoms with Gasteiger partial charge in [0.15, 0.2) is 5.84 Å².